The van der Waals surface area contributed by atoms with Gasteiger partial charge >= 0.3 is 5.97 Å². The number of aliphatic carboxylic acids is 1. The summed E-state index contributed by atoms with van der Waals surface area (Å²) in [6.45, 7) is 4.35. The van der Waals surface area contributed by atoms with Crippen LogP contribution in [0.1, 0.15) is 51.4 Å². The summed E-state index contributed by atoms with van der Waals surface area (Å²) in [4.78, 5) is 10.8. The molecule has 2 saturated carbocycles. The van der Waals surface area contributed by atoms with Crippen molar-refractivity contribution < 1.29 is 9.90 Å². The summed E-state index contributed by atoms with van der Waals surface area (Å²) in [5.74, 6) is 2.69. The molecule has 0 spiro atoms. The van der Waals surface area contributed by atoms with E-state index in [-0.39, 0.29) is 5.75 Å². The van der Waals surface area contributed by atoms with Crippen molar-refractivity contribution in [2.75, 3.05) is 5.75 Å². The van der Waals surface area contributed by atoms with Gasteiger partial charge in [-0.15, -0.1) is 10.2 Å². The molecule has 0 amide bonds. The topological polar surface area (TPSA) is 68.0 Å². The highest BCUT2D eigenvalue weighted by Gasteiger charge is 2.43. The molecular weight excluding hydrogens is 286 g/mol. The number of hydrogen-bond donors (Lipinski definition) is 1. The molecule has 1 aromatic heterocycles. The molecule has 2 fully saturated rings. The van der Waals surface area contributed by atoms with Crippen LogP contribution in [-0.2, 0) is 11.2 Å². The number of carbonyl (C=O) groups is 1. The SMILES string of the molecule is CCc1nnc(SCC(=O)O)n1C(C)C1CC2CCC1C2. The largest absolute Gasteiger partial charge is 0.481 e. The van der Waals surface area contributed by atoms with Gasteiger partial charge in [-0.3, -0.25) is 4.79 Å². The number of carboxylic acid groups (broad SMARTS) is 1. The van der Waals surface area contributed by atoms with E-state index >= 15 is 0 Å². The average molecular weight is 309 g/mol. The van der Waals surface area contributed by atoms with Crippen molar-refractivity contribution in [1.29, 1.82) is 0 Å². The standard InChI is InChI=1S/C15H23N3O2S/c1-3-13-16-17-15(21-8-14(19)20)18(13)9(2)12-7-10-4-5-11(12)6-10/h9-12H,3-8H2,1-2H3,(H,19,20). The molecular formula is C15H23N3O2S. The van der Waals surface area contributed by atoms with Crippen molar-refractivity contribution in [2.45, 2.75) is 57.1 Å². The normalized spacial score (nSPS) is 29.0. The Labute approximate surface area is 129 Å². The highest BCUT2D eigenvalue weighted by molar-refractivity contribution is 7.99. The molecule has 116 valence electrons. The van der Waals surface area contributed by atoms with Crippen LogP contribution < -0.4 is 0 Å². The van der Waals surface area contributed by atoms with Crippen molar-refractivity contribution in [3.63, 3.8) is 0 Å². The number of nitrogens with zero attached hydrogens (tertiary/aromatic N) is 3. The second kappa shape index (κ2) is 5.99. The summed E-state index contributed by atoms with van der Waals surface area (Å²) in [5.41, 5.74) is 0. The zero-order chi connectivity index (χ0) is 15.0. The van der Waals surface area contributed by atoms with Crippen LogP contribution in [0.2, 0.25) is 0 Å². The molecule has 2 bridgehead atoms. The molecule has 21 heavy (non-hydrogen) atoms. The highest BCUT2D eigenvalue weighted by Crippen LogP contribution is 2.52. The van der Waals surface area contributed by atoms with Crippen LogP contribution in [0.4, 0.5) is 0 Å². The molecule has 3 rings (SSSR count). The van der Waals surface area contributed by atoms with E-state index in [2.05, 4.69) is 28.6 Å². The van der Waals surface area contributed by atoms with Crippen LogP contribution in [-0.4, -0.2) is 31.6 Å². The maximum Gasteiger partial charge on any atom is 0.313 e. The number of aromatic nitrogens is 3. The second-order valence-electron chi connectivity index (χ2n) is 6.38. The van der Waals surface area contributed by atoms with E-state index in [4.69, 9.17) is 5.11 Å². The summed E-state index contributed by atoms with van der Waals surface area (Å²) >= 11 is 1.29. The predicted octanol–water partition coefficient (Wildman–Crippen LogP) is 3.01. The van der Waals surface area contributed by atoms with Gasteiger partial charge in [0, 0.05) is 12.5 Å². The smallest absolute Gasteiger partial charge is 0.313 e. The Hall–Kier alpha value is -1.04. The molecule has 1 aromatic rings. The molecule has 6 heteroatoms. The molecule has 4 atom stereocenters. The fraction of sp³-hybridized carbons (Fsp3) is 0.800. The van der Waals surface area contributed by atoms with Crippen LogP contribution in [0.25, 0.3) is 0 Å². The van der Waals surface area contributed by atoms with Gasteiger partial charge in [0.25, 0.3) is 0 Å². The van der Waals surface area contributed by atoms with Gasteiger partial charge in [-0.05, 0) is 43.9 Å². The van der Waals surface area contributed by atoms with Crippen LogP contribution in [0.15, 0.2) is 5.16 Å². The summed E-state index contributed by atoms with van der Waals surface area (Å²) in [5, 5.41) is 18.1. The number of thioether (sulfide) groups is 1. The first-order valence-corrected chi connectivity index (χ1v) is 8.87. The zero-order valence-corrected chi connectivity index (χ0v) is 13.5. The lowest BCUT2D eigenvalue weighted by Crippen LogP contribution is -2.24. The van der Waals surface area contributed by atoms with E-state index in [0.29, 0.717) is 12.0 Å². The first-order chi connectivity index (χ1) is 10.1. The fourth-order valence-corrected chi connectivity index (χ4v) is 5.02. The fourth-order valence-electron chi connectivity index (χ4n) is 4.26. The first kappa shape index (κ1) is 14.9. The van der Waals surface area contributed by atoms with Gasteiger partial charge in [-0.25, -0.2) is 0 Å². The molecule has 2 aliphatic rings. The number of rotatable bonds is 6. The third-order valence-electron chi connectivity index (χ3n) is 5.20. The molecule has 1 N–H and O–H groups in total. The predicted molar refractivity (Wildman–Crippen MR) is 81.4 cm³/mol. The van der Waals surface area contributed by atoms with E-state index in [1.165, 1.54) is 37.4 Å². The van der Waals surface area contributed by atoms with E-state index in [1.807, 2.05) is 0 Å². The summed E-state index contributed by atoms with van der Waals surface area (Å²) in [6, 6.07) is 0.376. The third kappa shape index (κ3) is 2.82. The van der Waals surface area contributed by atoms with Crippen molar-refractivity contribution in [3.05, 3.63) is 5.82 Å². The Morgan fingerprint density at radius 1 is 1.43 bits per heavy atom. The molecule has 5 nitrogen and oxygen atoms in total. The minimum atomic E-state index is -0.805. The van der Waals surface area contributed by atoms with Crippen LogP contribution >= 0.6 is 11.8 Å². The van der Waals surface area contributed by atoms with Gasteiger partial charge in [0.15, 0.2) is 5.16 Å². The highest BCUT2D eigenvalue weighted by atomic mass is 32.2. The summed E-state index contributed by atoms with van der Waals surface area (Å²) in [7, 11) is 0. The molecule has 0 radical (unpaired) electrons. The van der Waals surface area contributed by atoms with Crippen molar-refractivity contribution in [3.8, 4) is 0 Å². The summed E-state index contributed by atoms with van der Waals surface area (Å²) in [6.07, 6.45) is 6.30. The Morgan fingerprint density at radius 3 is 2.81 bits per heavy atom. The second-order valence-corrected chi connectivity index (χ2v) is 7.33. The van der Waals surface area contributed by atoms with Crippen molar-refractivity contribution in [1.82, 2.24) is 14.8 Å². The van der Waals surface area contributed by atoms with E-state index in [9.17, 15) is 4.79 Å². The van der Waals surface area contributed by atoms with Gasteiger partial charge in [-0.2, -0.15) is 0 Å². The minimum absolute atomic E-state index is 0.0469. The Kier molecular flexibility index (Phi) is 4.24. The Morgan fingerprint density at radius 2 is 2.24 bits per heavy atom. The lowest BCUT2D eigenvalue weighted by Gasteiger charge is -2.30. The van der Waals surface area contributed by atoms with Gasteiger partial charge in [0.1, 0.15) is 5.82 Å². The van der Waals surface area contributed by atoms with Gasteiger partial charge in [0.2, 0.25) is 0 Å². The molecule has 0 aromatic carbocycles. The van der Waals surface area contributed by atoms with E-state index in [1.54, 1.807) is 0 Å². The third-order valence-corrected chi connectivity index (χ3v) is 6.12. The molecule has 2 aliphatic carbocycles. The van der Waals surface area contributed by atoms with Crippen LogP contribution in [0.3, 0.4) is 0 Å². The molecule has 0 saturated heterocycles. The monoisotopic (exact) mass is 309 g/mol. The van der Waals surface area contributed by atoms with Gasteiger partial charge in [-0.1, -0.05) is 25.1 Å². The van der Waals surface area contributed by atoms with Crippen molar-refractivity contribution >= 4 is 17.7 Å². The number of aryl methyl sites for hydroxylation is 1. The molecule has 4 unspecified atom stereocenters. The van der Waals surface area contributed by atoms with Crippen molar-refractivity contribution in [2.24, 2.45) is 17.8 Å². The number of carboxylic acids is 1. The van der Waals surface area contributed by atoms with Gasteiger partial charge in [0.05, 0.1) is 5.75 Å². The Bertz CT molecular complexity index is 531. The maximum absolute atomic E-state index is 10.8. The van der Waals surface area contributed by atoms with Crippen LogP contribution in [0.5, 0.6) is 0 Å². The van der Waals surface area contributed by atoms with Gasteiger partial charge < -0.3 is 9.67 Å². The lowest BCUT2D eigenvalue weighted by molar-refractivity contribution is -0.133. The maximum atomic E-state index is 10.8. The zero-order valence-electron chi connectivity index (χ0n) is 12.7. The lowest BCUT2D eigenvalue weighted by atomic mass is 9.84. The number of hydrogen-bond acceptors (Lipinski definition) is 4. The van der Waals surface area contributed by atoms with E-state index in [0.717, 1.165) is 29.2 Å². The molecule has 1 heterocycles. The molecule has 0 aliphatic heterocycles. The quantitative estimate of drug-likeness (QED) is 0.818. The van der Waals surface area contributed by atoms with E-state index < -0.39 is 5.97 Å². The van der Waals surface area contributed by atoms with Crippen LogP contribution in [0, 0.1) is 17.8 Å². The first-order valence-electron chi connectivity index (χ1n) is 7.88. The number of fused-ring (bicyclic) bond motifs is 2. The average Bonchev–Trinajstić information content (AvgIpc) is 3.18. The minimum Gasteiger partial charge on any atom is -0.481 e. The Balaban J connectivity index is 1.81. The summed E-state index contributed by atoms with van der Waals surface area (Å²) < 4.78 is 2.21.